The lowest BCUT2D eigenvalue weighted by Gasteiger charge is -2.21. The molecular formula is C23H36N6O. The van der Waals surface area contributed by atoms with Gasteiger partial charge >= 0.3 is 0 Å². The standard InChI is InChI=1S/C23H36N6O/c1-5-24-23(25-13-9-12-21-27-22(17(2)3)28-30-21)26-20-14-18(4)29(16-20)15-19-10-7-6-8-11-19/h6-8,10-11,17-18,20H,5,9,12-16H2,1-4H3,(H2,24,25,26). The lowest BCUT2D eigenvalue weighted by molar-refractivity contribution is 0.258. The molecule has 1 fully saturated rings. The number of nitrogens with one attached hydrogen (secondary N) is 2. The number of benzene rings is 1. The third-order valence-corrected chi connectivity index (χ3v) is 5.44. The molecule has 1 aliphatic rings. The van der Waals surface area contributed by atoms with Crippen LogP contribution in [0.15, 0.2) is 39.8 Å². The normalized spacial score (nSPS) is 20.1. The summed E-state index contributed by atoms with van der Waals surface area (Å²) in [4.78, 5) is 11.7. The van der Waals surface area contributed by atoms with Gasteiger partial charge in [0.2, 0.25) is 5.89 Å². The highest BCUT2D eigenvalue weighted by molar-refractivity contribution is 5.80. The van der Waals surface area contributed by atoms with Gasteiger partial charge in [-0.1, -0.05) is 49.3 Å². The number of hydrogen-bond acceptors (Lipinski definition) is 5. The largest absolute Gasteiger partial charge is 0.357 e. The number of likely N-dealkylation sites (tertiary alicyclic amines) is 1. The molecule has 2 atom stereocenters. The summed E-state index contributed by atoms with van der Waals surface area (Å²) in [5, 5.41) is 11.0. The van der Waals surface area contributed by atoms with E-state index in [0.29, 0.717) is 23.9 Å². The number of rotatable bonds is 9. The highest BCUT2D eigenvalue weighted by Crippen LogP contribution is 2.20. The number of aliphatic imine (C=N–C) groups is 1. The molecule has 0 amide bonds. The zero-order chi connectivity index (χ0) is 21.3. The Morgan fingerprint density at radius 1 is 1.30 bits per heavy atom. The van der Waals surface area contributed by atoms with E-state index in [-0.39, 0.29) is 0 Å². The van der Waals surface area contributed by atoms with Crippen molar-refractivity contribution < 1.29 is 4.52 Å². The second-order valence-corrected chi connectivity index (χ2v) is 8.41. The van der Waals surface area contributed by atoms with Crippen LogP contribution >= 0.6 is 0 Å². The highest BCUT2D eigenvalue weighted by Gasteiger charge is 2.29. The van der Waals surface area contributed by atoms with Crippen molar-refractivity contribution in [3.63, 3.8) is 0 Å². The van der Waals surface area contributed by atoms with Gasteiger partial charge in [0.15, 0.2) is 11.8 Å². The zero-order valence-corrected chi connectivity index (χ0v) is 18.8. The van der Waals surface area contributed by atoms with E-state index in [9.17, 15) is 0 Å². The fraction of sp³-hybridized carbons (Fsp3) is 0.609. The van der Waals surface area contributed by atoms with E-state index in [0.717, 1.165) is 57.2 Å². The number of guanidine groups is 1. The first-order valence-electron chi connectivity index (χ1n) is 11.2. The topological polar surface area (TPSA) is 78.6 Å². The molecule has 3 rings (SSSR count). The summed E-state index contributed by atoms with van der Waals surface area (Å²) in [5.41, 5.74) is 1.37. The van der Waals surface area contributed by atoms with Gasteiger partial charge in [-0.15, -0.1) is 0 Å². The minimum atomic E-state index is 0.292. The monoisotopic (exact) mass is 412 g/mol. The predicted octanol–water partition coefficient (Wildman–Crippen LogP) is 3.34. The van der Waals surface area contributed by atoms with E-state index in [1.54, 1.807) is 0 Å². The molecule has 0 spiro atoms. The Labute approximate surface area is 180 Å². The molecule has 2 aromatic rings. The third kappa shape index (κ3) is 6.55. The van der Waals surface area contributed by atoms with Crippen molar-refractivity contribution in [3.05, 3.63) is 47.6 Å². The maximum Gasteiger partial charge on any atom is 0.226 e. The van der Waals surface area contributed by atoms with Crippen LogP contribution in [0, 0.1) is 0 Å². The Bertz CT molecular complexity index is 788. The molecule has 0 bridgehead atoms. The smallest absolute Gasteiger partial charge is 0.226 e. The highest BCUT2D eigenvalue weighted by atomic mass is 16.5. The minimum Gasteiger partial charge on any atom is -0.357 e. The lowest BCUT2D eigenvalue weighted by Crippen LogP contribution is -2.44. The van der Waals surface area contributed by atoms with Crippen molar-refractivity contribution in [1.82, 2.24) is 25.7 Å². The fourth-order valence-electron chi connectivity index (χ4n) is 3.78. The van der Waals surface area contributed by atoms with E-state index < -0.39 is 0 Å². The third-order valence-electron chi connectivity index (χ3n) is 5.44. The van der Waals surface area contributed by atoms with Gasteiger partial charge in [0.25, 0.3) is 0 Å². The predicted molar refractivity (Wildman–Crippen MR) is 121 cm³/mol. The van der Waals surface area contributed by atoms with Gasteiger partial charge in [0.1, 0.15) is 0 Å². The van der Waals surface area contributed by atoms with Gasteiger partial charge in [0.05, 0.1) is 0 Å². The van der Waals surface area contributed by atoms with Crippen LogP contribution in [0.5, 0.6) is 0 Å². The van der Waals surface area contributed by atoms with Crippen LogP contribution in [0.3, 0.4) is 0 Å². The Hall–Kier alpha value is -2.41. The molecule has 7 heteroatoms. The van der Waals surface area contributed by atoms with E-state index >= 15 is 0 Å². The van der Waals surface area contributed by atoms with Crippen LogP contribution in [-0.2, 0) is 13.0 Å². The summed E-state index contributed by atoms with van der Waals surface area (Å²) in [7, 11) is 0. The van der Waals surface area contributed by atoms with Crippen LogP contribution in [0.1, 0.15) is 63.7 Å². The summed E-state index contributed by atoms with van der Waals surface area (Å²) in [6.07, 6.45) is 2.77. The second-order valence-electron chi connectivity index (χ2n) is 8.41. The quantitative estimate of drug-likeness (QED) is 0.374. The Balaban J connectivity index is 1.47. The SMILES string of the molecule is CCNC(=NCCCc1nc(C(C)C)no1)NC1CC(C)N(Cc2ccccc2)C1. The second kappa shape index (κ2) is 11.1. The van der Waals surface area contributed by atoms with Gasteiger partial charge < -0.3 is 15.2 Å². The van der Waals surface area contributed by atoms with Crippen molar-refractivity contribution >= 4 is 5.96 Å². The van der Waals surface area contributed by atoms with Crippen LogP contribution in [0.4, 0.5) is 0 Å². The molecule has 1 aromatic carbocycles. The average molecular weight is 413 g/mol. The van der Waals surface area contributed by atoms with Gasteiger partial charge in [-0.3, -0.25) is 9.89 Å². The molecule has 0 saturated carbocycles. The molecule has 164 valence electrons. The lowest BCUT2D eigenvalue weighted by atomic mass is 10.2. The number of aryl methyl sites for hydroxylation is 1. The summed E-state index contributed by atoms with van der Waals surface area (Å²) in [5.74, 6) is 2.66. The van der Waals surface area contributed by atoms with Gasteiger partial charge in [-0.05, 0) is 32.3 Å². The molecule has 0 radical (unpaired) electrons. The van der Waals surface area contributed by atoms with E-state index in [2.05, 4.69) is 83.7 Å². The molecule has 7 nitrogen and oxygen atoms in total. The molecule has 2 unspecified atom stereocenters. The Morgan fingerprint density at radius 3 is 2.80 bits per heavy atom. The maximum atomic E-state index is 5.31. The van der Waals surface area contributed by atoms with E-state index in [4.69, 9.17) is 9.52 Å². The molecule has 0 aliphatic carbocycles. The van der Waals surface area contributed by atoms with Crippen molar-refractivity contribution in [3.8, 4) is 0 Å². The first-order chi connectivity index (χ1) is 14.5. The molecule has 2 N–H and O–H groups in total. The molecule has 1 aromatic heterocycles. The fourth-order valence-corrected chi connectivity index (χ4v) is 3.78. The van der Waals surface area contributed by atoms with Crippen molar-refractivity contribution in [2.75, 3.05) is 19.6 Å². The summed E-state index contributed by atoms with van der Waals surface area (Å²) in [6.45, 7) is 12.1. The van der Waals surface area contributed by atoms with E-state index in [1.165, 1.54) is 5.56 Å². The Morgan fingerprint density at radius 2 is 2.10 bits per heavy atom. The van der Waals surface area contributed by atoms with E-state index in [1.807, 2.05) is 0 Å². The molecular weight excluding hydrogens is 376 g/mol. The Kier molecular flexibility index (Phi) is 8.25. The first kappa shape index (κ1) is 22.3. The first-order valence-corrected chi connectivity index (χ1v) is 11.2. The molecule has 30 heavy (non-hydrogen) atoms. The number of nitrogens with zero attached hydrogens (tertiary/aromatic N) is 4. The number of hydrogen-bond donors (Lipinski definition) is 2. The van der Waals surface area contributed by atoms with Crippen LogP contribution in [0.25, 0.3) is 0 Å². The van der Waals surface area contributed by atoms with Gasteiger partial charge in [-0.2, -0.15) is 4.98 Å². The van der Waals surface area contributed by atoms with Crippen LogP contribution in [-0.4, -0.2) is 52.7 Å². The van der Waals surface area contributed by atoms with Crippen molar-refractivity contribution in [2.24, 2.45) is 4.99 Å². The molecule has 1 saturated heterocycles. The summed E-state index contributed by atoms with van der Waals surface area (Å²) < 4.78 is 5.31. The van der Waals surface area contributed by atoms with Crippen LogP contribution in [0.2, 0.25) is 0 Å². The van der Waals surface area contributed by atoms with Crippen molar-refractivity contribution in [1.29, 1.82) is 0 Å². The van der Waals surface area contributed by atoms with Gasteiger partial charge in [0, 0.05) is 50.6 Å². The average Bonchev–Trinajstić information content (AvgIpc) is 3.33. The van der Waals surface area contributed by atoms with Gasteiger partial charge in [-0.25, -0.2) is 0 Å². The zero-order valence-electron chi connectivity index (χ0n) is 18.8. The van der Waals surface area contributed by atoms with Crippen molar-refractivity contribution in [2.45, 2.75) is 71.5 Å². The summed E-state index contributed by atoms with van der Waals surface area (Å²) >= 11 is 0. The van der Waals surface area contributed by atoms with Crippen LogP contribution < -0.4 is 10.6 Å². The maximum absolute atomic E-state index is 5.31. The minimum absolute atomic E-state index is 0.292. The summed E-state index contributed by atoms with van der Waals surface area (Å²) in [6, 6.07) is 11.7. The molecule has 1 aliphatic heterocycles. The number of aromatic nitrogens is 2. The molecule has 2 heterocycles.